The summed E-state index contributed by atoms with van der Waals surface area (Å²) in [6, 6.07) is 8.77. The second-order valence-corrected chi connectivity index (χ2v) is 4.92. The van der Waals surface area contributed by atoms with E-state index in [1.807, 2.05) is 6.07 Å². The standard InChI is InChI=1S/C10H12NO3S/c1-2-10(15(13,14)11-8-12)9-6-4-3-5-7-9/h3-7,10H,2H2,1H3,(H,11,12). The zero-order chi connectivity index (χ0) is 11.3. The van der Waals surface area contributed by atoms with Crippen molar-refractivity contribution in [3.8, 4) is 0 Å². The first-order valence-corrected chi connectivity index (χ1v) is 6.09. The number of benzene rings is 1. The van der Waals surface area contributed by atoms with Crippen LogP contribution in [-0.4, -0.2) is 14.8 Å². The Balaban J connectivity index is 3.05. The first-order chi connectivity index (χ1) is 7.11. The third-order valence-electron chi connectivity index (χ3n) is 2.10. The Morgan fingerprint density at radius 2 is 1.93 bits per heavy atom. The van der Waals surface area contributed by atoms with Crippen molar-refractivity contribution in [3.63, 3.8) is 0 Å². The molecule has 1 aromatic carbocycles. The average Bonchev–Trinajstić information content (AvgIpc) is 2.19. The van der Waals surface area contributed by atoms with Crippen molar-refractivity contribution in [3.05, 3.63) is 35.9 Å². The topological polar surface area (TPSA) is 63.2 Å². The molecule has 1 unspecified atom stereocenters. The maximum absolute atomic E-state index is 11.6. The van der Waals surface area contributed by atoms with Crippen molar-refractivity contribution in [2.24, 2.45) is 0 Å². The van der Waals surface area contributed by atoms with Crippen LogP contribution in [0.4, 0.5) is 0 Å². The van der Waals surface area contributed by atoms with Gasteiger partial charge in [-0.1, -0.05) is 37.3 Å². The van der Waals surface area contributed by atoms with E-state index in [1.165, 1.54) is 6.41 Å². The van der Waals surface area contributed by atoms with E-state index >= 15 is 0 Å². The molecule has 0 fully saturated rings. The molecule has 1 rings (SSSR count). The highest BCUT2D eigenvalue weighted by Gasteiger charge is 2.24. The zero-order valence-electron chi connectivity index (χ0n) is 8.30. The van der Waals surface area contributed by atoms with Crippen molar-refractivity contribution in [2.75, 3.05) is 0 Å². The third kappa shape index (κ3) is 2.79. The molecule has 5 heteroatoms. The number of hydrogen-bond donors (Lipinski definition) is 1. The van der Waals surface area contributed by atoms with E-state index < -0.39 is 15.3 Å². The smallest absolute Gasteiger partial charge is 0.263 e. The summed E-state index contributed by atoms with van der Waals surface area (Å²) >= 11 is 0. The summed E-state index contributed by atoms with van der Waals surface area (Å²) in [7, 11) is -3.65. The maximum Gasteiger partial charge on any atom is 0.323 e. The highest BCUT2D eigenvalue weighted by Crippen LogP contribution is 2.24. The van der Waals surface area contributed by atoms with Gasteiger partial charge in [-0.2, -0.15) is 0 Å². The van der Waals surface area contributed by atoms with Crippen LogP contribution in [0.1, 0.15) is 24.2 Å². The molecule has 0 aliphatic carbocycles. The van der Waals surface area contributed by atoms with Gasteiger partial charge in [0.25, 0.3) is 0 Å². The van der Waals surface area contributed by atoms with Gasteiger partial charge in [0.05, 0.1) is 0 Å². The largest absolute Gasteiger partial charge is 0.323 e. The van der Waals surface area contributed by atoms with Gasteiger partial charge in [0, 0.05) is 0 Å². The molecule has 0 bridgehead atoms. The molecule has 1 amide bonds. The molecule has 0 aliphatic rings. The second-order valence-electron chi connectivity index (χ2n) is 3.06. The number of hydrogen-bond acceptors (Lipinski definition) is 3. The van der Waals surface area contributed by atoms with Crippen molar-refractivity contribution in [1.82, 2.24) is 4.72 Å². The first kappa shape index (κ1) is 11.7. The Labute approximate surface area is 89.4 Å². The lowest BCUT2D eigenvalue weighted by molar-refractivity contribution is 0.543. The van der Waals surface area contributed by atoms with Crippen LogP contribution in [0.5, 0.6) is 0 Å². The van der Waals surface area contributed by atoms with Gasteiger partial charge >= 0.3 is 6.41 Å². The van der Waals surface area contributed by atoms with Gasteiger partial charge in [0.15, 0.2) is 0 Å². The summed E-state index contributed by atoms with van der Waals surface area (Å²) in [6.45, 7) is 1.75. The van der Waals surface area contributed by atoms with Gasteiger partial charge in [-0.3, -0.25) is 4.79 Å². The summed E-state index contributed by atoms with van der Waals surface area (Å²) in [5.41, 5.74) is 0.669. The number of rotatable bonds is 5. The van der Waals surface area contributed by atoms with Gasteiger partial charge < -0.3 is 0 Å². The summed E-state index contributed by atoms with van der Waals surface area (Å²) in [4.78, 5) is 10.1. The molecule has 4 nitrogen and oxygen atoms in total. The quantitative estimate of drug-likeness (QED) is 0.765. The van der Waals surface area contributed by atoms with Crippen LogP contribution >= 0.6 is 0 Å². The summed E-state index contributed by atoms with van der Waals surface area (Å²) in [6.07, 6.45) is 1.61. The maximum atomic E-state index is 11.6. The lowest BCUT2D eigenvalue weighted by atomic mass is 10.1. The molecule has 0 spiro atoms. The van der Waals surface area contributed by atoms with Crippen LogP contribution in [0.3, 0.4) is 0 Å². The highest BCUT2D eigenvalue weighted by atomic mass is 32.2. The van der Waals surface area contributed by atoms with Crippen LogP contribution in [-0.2, 0) is 14.8 Å². The number of amides is 1. The Kier molecular flexibility index (Phi) is 3.85. The minimum Gasteiger partial charge on any atom is -0.263 e. The van der Waals surface area contributed by atoms with Gasteiger partial charge in [-0.15, -0.1) is 0 Å². The fourth-order valence-electron chi connectivity index (χ4n) is 1.43. The third-order valence-corrected chi connectivity index (χ3v) is 3.82. The fraction of sp³-hybridized carbons (Fsp3) is 0.300. The Morgan fingerprint density at radius 3 is 2.40 bits per heavy atom. The fourth-order valence-corrected chi connectivity index (χ4v) is 2.64. The van der Waals surface area contributed by atoms with Crippen molar-refractivity contribution in [1.29, 1.82) is 0 Å². The summed E-state index contributed by atoms with van der Waals surface area (Å²) < 4.78 is 24.9. The predicted molar refractivity (Wildman–Crippen MR) is 57.2 cm³/mol. The minimum absolute atomic E-state index is 0.404. The molecule has 0 saturated carbocycles. The van der Waals surface area contributed by atoms with E-state index in [1.54, 1.807) is 35.9 Å². The highest BCUT2D eigenvalue weighted by molar-refractivity contribution is 7.90. The molecule has 0 heterocycles. The van der Waals surface area contributed by atoms with E-state index in [9.17, 15) is 13.2 Å². The van der Waals surface area contributed by atoms with Crippen LogP contribution in [0.25, 0.3) is 0 Å². The molecular weight excluding hydrogens is 214 g/mol. The molecule has 0 saturated heterocycles. The number of nitrogens with one attached hydrogen (secondary N) is 1. The van der Waals surface area contributed by atoms with Gasteiger partial charge in [-0.25, -0.2) is 13.1 Å². The Hall–Kier alpha value is -1.36. The molecule has 1 atom stereocenters. The summed E-state index contributed by atoms with van der Waals surface area (Å²) in [5.74, 6) is 0. The molecule has 1 radical (unpaired) electrons. The molecule has 0 aromatic heterocycles. The van der Waals surface area contributed by atoms with Crippen molar-refractivity contribution >= 4 is 16.4 Å². The molecule has 1 aromatic rings. The first-order valence-electron chi connectivity index (χ1n) is 4.54. The molecular formula is C10H12NO3S. The monoisotopic (exact) mass is 226 g/mol. The van der Waals surface area contributed by atoms with E-state index in [0.717, 1.165) is 0 Å². The Bertz CT molecular complexity index is 414. The van der Waals surface area contributed by atoms with Gasteiger partial charge in [-0.05, 0) is 12.0 Å². The predicted octanol–water partition coefficient (Wildman–Crippen LogP) is 1.12. The zero-order valence-corrected chi connectivity index (χ0v) is 9.12. The van der Waals surface area contributed by atoms with Crippen molar-refractivity contribution in [2.45, 2.75) is 18.6 Å². The average molecular weight is 226 g/mol. The van der Waals surface area contributed by atoms with Crippen LogP contribution in [0, 0.1) is 0 Å². The lowest BCUT2D eigenvalue weighted by Crippen LogP contribution is -2.27. The molecule has 81 valence electrons. The molecule has 1 N–H and O–H groups in total. The lowest BCUT2D eigenvalue weighted by Gasteiger charge is -2.14. The normalized spacial score (nSPS) is 13.1. The van der Waals surface area contributed by atoms with E-state index in [0.29, 0.717) is 12.0 Å². The van der Waals surface area contributed by atoms with Gasteiger partial charge in [0.2, 0.25) is 10.0 Å². The molecule has 0 aliphatic heterocycles. The number of carbonyl (C=O) groups excluding carboxylic acids is 1. The second kappa shape index (κ2) is 4.93. The van der Waals surface area contributed by atoms with Crippen molar-refractivity contribution < 1.29 is 13.2 Å². The molecule has 15 heavy (non-hydrogen) atoms. The van der Waals surface area contributed by atoms with E-state index in [-0.39, 0.29) is 0 Å². The SMILES string of the molecule is CCC(c1ccccc1)S(=O)(=O)N[C]=O. The summed E-state index contributed by atoms with van der Waals surface area (Å²) in [5, 5.41) is -0.708. The van der Waals surface area contributed by atoms with E-state index in [2.05, 4.69) is 0 Å². The minimum atomic E-state index is -3.65. The van der Waals surface area contributed by atoms with Crippen LogP contribution in [0.15, 0.2) is 30.3 Å². The number of sulfonamides is 1. The Morgan fingerprint density at radius 1 is 1.33 bits per heavy atom. The van der Waals surface area contributed by atoms with E-state index in [4.69, 9.17) is 0 Å². The van der Waals surface area contributed by atoms with Crippen LogP contribution in [0.2, 0.25) is 0 Å². The van der Waals surface area contributed by atoms with Crippen LogP contribution < -0.4 is 4.72 Å². The van der Waals surface area contributed by atoms with Gasteiger partial charge in [0.1, 0.15) is 5.25 Å².